The zero-order chi connectivity index (χ0) is 25.9. The van der Waals surface area contributed by atoms with Gasteiger partial charge in [0.05, 0.1) is 12.1 Å². The maximum atomic E-state index is 12.2. The van der Waals surface area contributed by atoms with E-state index in [1.54, 1.807) is 0 Å². The highest BCUT2D eigenvalue weighted by atomic mass is 16.5. The second-order valence-electron chi connectivity index (χ2n) is 9.99. The number of aryl methyl sites for hydroxylation is 2. The van der Waals surface area contributed by atoms with E-state index in [9.17, 15) is 9.90 Å². The summed E-state index contributed by atoms with van der Waals surface area (Å²) < 4.78 is 6.13. The summed E-state index contributed by atoms with van der Waals surface area (Å²) in [6.07, 6.45) is 4.01. The quantitative estimate of drug-likeness (QED) is 0.208. The Kier molecular flexibility index (Phi) is 6.95. The van der Waals surface area contributed by atoms with Gasteiger partial charge in [0.1, 0.15) is 11.4 Å². The number of hydrogen-bond donors (Lipinski definition) is 2. The van der Waals surface area contributed by atoms with E-state index in [0.717, 1.165) is 61.8 Å². The fourth-order valence-electron chi connectivity index (χ4n) is 5.20. The first-order valence-corrected chi connectivity index (χ1v) is 12.9. The zero-order valence-electron chi connectivity index (χ0n) is 21.5. The molecule has 2 N–H and O–H groups in total. The fourth-order valence-corrected chi connectivity index (χ4v) is 5.20. The minimum absolute atomic E-state index is 0.250. The van der Waals surface area contributed by atoms with Crippen molar-refractivity contribution >= 4 is 27.6 Å². The molecule has 0 bridgehead atoms. The van der Waals surface area contributed by atoms with Crippen molar-refractivity contribution in [3.63, 3.8) is 0 Å². The summed E-state index contributed by atoms with van der Waals surface area (Å²) in [5.74, 6) is 0.364. The summed E-state index contributed by atoms with van der Waals surface area (Å²) in [4.78, 5) is 20.2. The van der Waals surface area contributed by atoms with Gasteiger partial charge in [0.15, 0.2) is 0 Å². The lowest BCUT2D eigenvalue weighted by Gasteiger charge is -2.14. The first kappa shape index (κ1) is 24.6. The molecule has 0 aliphatic carbocycles. The molecule has 0 atom stereocenters. The van der Waals surface area contributed by atoms with Crippen molar-refractivity contribution in [1.82, 2.24) is 9.97 Å². The number of rotatable bonds is 9. The summed E-state index contributed by atoms with van der Waals surface area (Å²) in [7, 11) is 0. The van der Waals surface area contributed by atoms with E-state index in [4.69, 9.17) is 9.72 Å². The van der Waals surface area contributed by atoms with Gasteiger partial charge in [0.2, 0.25) is 0 Å². The molecular weight excluding hydrogens is 460 g/mol. The van der Waals surface area contributed by atoms with Crippen LogP contribution in [0.25, 0.3) is 32.8 Å². The monoisotopic (exact) mass is 492 g/mol. The van der Waals surface area contributed by atoms with E-state index >= 15 is 0 Å². The van der Waals surface area contributed by atoms with Gasteiger partial charge in [0.25, 0.3) is 0 Å². The molecule has 5 heteroatoms. The summed E-state index contributed by atoms with van der Waals surface area (Å²) in [5.41, 5.74) is 6.18. The Balaban J connectivity index is 1.46. The first-order valence-electron chi connectivity index (χ1n) is 12.9. The average Bonchev–Trinajstić information content (AvgIpc) is 3.26. The molecule has 188 valence electrons. The van der Waals surface area contributed by atoms with Crippen LogP contribution in [-0.4, -0.2) is 27.7 Å². The number of para-hydroxylation sites is 1. The summed E-state index contributed by atoms with van der Waals surface area (Å²) in [5, 5.41) is 13.2. The molecule has 3 aromatic carbocycles. The van der Waals surface area contributed by atoms with Crippen LogP contribution in [0, 0.1) is 12.8 Å². The van der Waals surface area contributed by atoms with Crippen molar-refractivity contribution in [3.8, 4) is 16.9 Å². The third kappa shape index (κ3) is 4.94. The number of benzene rings is 3. The topological polar surface area (TPSA) is 75.2 Å². The van der Waals surface area contributed by atoms with Gasteiger partial charge in [-0.2, -0.15) is 0 Å². The number of carboxylic acids is 1. The van der Waals surface area contributed by atoms with Crippen molar-refractivity contribution < 1.29 is 14.6 Å². The number of ether oxygens (including phenoxy) is 1. The molecule has 0 aliphatic rings. The Labute approximate surface area is 217 Å². The Morgan fingerprint density at radius 3 is 2.57 bits per heavy atom. The number of aromatic amines is 1. The number of hydrogen-bond acceptors (Lipinski definition) is 3. The van der Waals surface area contributed by atoms with Crippen molar-refractivity contribution in [2.75, 3.05) is 6.61 Å². The van der Waals surface area contributed by atoms with Crippen LogP contribution >= 0.6 is 0 Å². The molecule has 2 aromatic heterocycles. The SMILES string of the molecule is Cc1ccnc(CC(C)C)c1-c1cccc2c(CCCOc3cccc4ccccc34)c(C(=O)O)[nH]c12. The molecule has 0 spiro atoms. The standard InChI is InChI=1S/C32H32N2O3/c1-20(2)19-27-29(21(3)16-17-33-27)26-13-7-12-24-25(31(32(35)36)34-30(24)26)14-8-18-37-28-15-6-10-22-9-4-5-11-23(22)28/h4-7,9-13,15-17,20,34H,8,14,18-19H2,1-3H3,(H,35,36). The minimum atomic E-state index is -0.947. The van der Waals surface area contributed by atoms with Gasteiger partial charge in [-0.25, -0.2) is 4.79 Å². The van der Waals surface area contributed by atoms with Crippen LogP contribution in [0.2, 0.25) is 0 Å². The molecule has 37 heavy (non-hydrogen) atoms. The van der Waals surface area contributed by atoms with Gasteiger partial charge in [-0.3, -0.25) is 4.98 Å². The normalized spacial score (nSPS) is 11.5. The maximum absolute atomic E-state index is 12.2. The summed E-state index contributed by atoms with van der Waals surface area (Å²) >= 11 is 0. The number of pyridine rings is 1. The smallest absolute Gasteiger partial charge is 0.352 e. The molecular formula is C32H32N2O3. The van der Waals surface area contributed by atoms with Gasteiger partial charge < -0.3 is 14.8 Å². The predicted octanol–water partition coefficient (Wildman–Crippen LogP) is 7.60. The molecule has 0 aliphatic heterocycles. The molecule has 2 heterocycles. The maximum Gasteiger partial charge on any atom is 0.352 e. The van der Waals surface area contributed by atoms with Crippen LogP contribution in [0.3, 0.4) is 0 Å². The molecule has 5 nitrogen and oxygen atoms in total. The summed E-state index contributed by atoms with van der Waals surface area (Å²) in [6.45, 7) is 6.96. The number of H-pyrrole nitrogens is 1. The highest BCUT2D eigenvalue weighted by molar-refractivity contribution is 6.03. The van der Waals surface area contributed by atoms with Crippen molar-refractivity contribution in [3.05, 3.63) is 95.4 Å². The Morgan fingerprint density at radius 2 is 1.76 bits per heavy atom. The number of nitrogens with zero attached hydrogens (tertiary/aromatic N) is 1. The zero-order valence-corrected chi connectivity index (χ0v) is 21.5. The highest BCUT2D eigenvalue weighted by Gasteiger charge is 2.21. The van der Waals surface area contributed by atoms with Crippen LogP contribution in [0.15, 0.2) is 72.9 Å². The predicted molar refractivity (Wildman–Crippen MR) is 150 cm³/mol. The average molecular weight is 493 g/mol. The van der Waals surface area contributed by atoms with Gasteiger partial charge in [-0.05, 0) is 60.7 Å². The van der Waals surface area contributed by atoms with E-state index in [1.807, 2.05) is 48.7 Å². The lowest BCUT2D eigenvalue weighted by molar-refractivity contribution is 0.0690. The number of fused-ring (bicyclic) bond motifs is 2. The second-order valence-corrected chi connectivity index (χ2v) is 9.99. The van der Waals surface area contributed by atoms with Gasteiger partial charge in [-0.1, -0.05) is 68.4 Å². The van der Waals surface area contributed by atoms with Crippen LogP contribution in [0.5, 0.6) is 5.75 Å². The number of aromatic carboxylic acids is 1. The molecule has 0 unspecified atom stereocenters. The third-order valence-corrected chi connectivity index (χ3v) is 6.84. The Hall–Kier alpha value is -4.12. The number of carbonyl (C=O) groups is 1. The Morgan fingerprint density at radius 1 is 1.00 bits per heavy atom. The minimum Gasteiger partial charge on any atom is -0.493 e. The van der Waals surface area contributed by atoms with Crippen molar-refractivity contribution in [2.24, 2.45) is 5.92 Å². The van der Waals surface area contributed by atoms with Gasteiger partial charge in [-0.15, -0.1) is 0 Å². The Bertz CT molecular complexity index is 1580. The van der Waals surface area contributed by atoms with Gasteiger partial charge >= 0.3 is 5.97 Å². The molecule has 0 saturated carbocycles. The lowest BCUT2D eigenvalue weighted by Crippen LogP contribution is -2.04. The van der Waals surface area contributed by atoms with Crippen LogP contribution < -0.4 is 4.74 Å². The largest absolute Gasteiger partial charge is 0.493 e. The molecule has 0 amide bonds. The molecule has 0 radical (unpaired) electrons. The molecule has 5 rings (SSSR count). The van der Waals surface area contributed by atoms with Crippen LogP contribution in [0.4, 0.5) is 0 Å². The first-order chi connectivity index (χ1) is 17.9. The number of aromatic nitrogens is 2. The fraction of sp³-hybridized carbons (Fsp3) is 0.250. The molecule has 5 aromatic rings. The van der Waals surface area contributed by atoms with Crippen molar-refractivity contribution in [2.45, 2.75) is 40.0 Å². The van der Waals surface area contributed by atoms with E-state index in [2.05, 4.69) is 50.0 Å². The van der Waals surface area contributed by atoms with Crippen LogP contribution in [0.1, 0.15) is 47.6 Å². The van der Waals surface area contributed by atoms with Crippen molar-refractivity contribution in [1.29, 1.82) is 0 Å². The lowest BCUT2D eigenvalue weighted by atomic mass is 9.93. The van der Waals surface area contributed by atoms with Crippen LogP contribution in [-0.2, 0) is 12.8 Å². The number of carboxylic acid groups (broad SMARTS) is 1. The van der Waals surface area contributed by atoms with E-state index in [1.165, 1.54) is 0 Å². The van der Waals surface area contributed by atoms with E-state index < -0.39 is 5.97 Å². The third-order valence-electron chi connectivity index (χ3n) is 6.84. The second kappa shape index (κ2) is 10.5. The summed E-state index contributed by atoms with van der Waals surface area (Å²) in [6, 6.07) is 22.3. The highest BCUT2D eigenvalue weighted by Crippen LogP contribution is 2.36. The van der Waals surface area contributed by atoms with Gasteiger partial charge in [0, 0.05) is 33.8 Å². The van der Waals surface area contributed by atoms with E-state index in [-0.39, 0.29) is 5.69 Å². The molecule has 0 fully saturated rings. The van der Waals surface area contributed by atoms with E-state index in [0.29, 0.717) is 25.4 Å². The molecule has 0 saturated heterocycles. The number of nitrogens with one attached hydrogen (secondary N) is 1.